The highest BCUT2D eigenvalue weighted by Crippen LogP contribution is 2.26. The van der Waals surface area contributed by atoms with Gasteiger partial charge in [-0.3, -0.25) is 0 Å². The number of rotatable bonds is 4. The van der Waals surface area contributed by atoms with E-state index in [2.05, 4.69) is 15.6 Å². The summed E-state index contributed by atoms with van der Waals surface area (Å²) < 4.78 is 5.77. The van der Waals surface area contributed by atoms with Crippen LogP contribution in [0.5, 0.6) is 0 Å². The SMILES string of the molecule is Cc1nc(CNC(=O)Nc2cccc(Cl)c2C)oc1-c1ccc(Cl)cc1. The van der Waals surface area contributed by atoms with Crippen LogP contribution in [0.2, 0.25) is 10.0 Å². The minimum atomic E-state index is -0.362. The molecule has 0 aliphatic heterocycles. The van der Waals surface area contributed by atoms with Gasteiger partial charge in [-0.2, -0.15) is 0 Å². The van der Waals surface area contributed by atoms with Crippen LogP contribution >= 0.6 is 23.2 Å². The smallest absolute Gasteiger partial charge is 0.319 e. The normalized spacial score (nSPS) is 10.6. The zero-order chi connectivity index (χ0) is 18.7. The Kier molecular flexibility index (Phi) is 5.49. The van der Waals surface area contributed by atoms with Crippen LogP contribution < -0.4 is 10.6 Å². The lowest BCUT2D eigenvalue weighted by atomic mass is 10.1. The zero-order valence-corrected chi connectivity index (χ0v) is 15.8. The molecule has 2 amide bonds. The largest absolute Gasteiger partial charge is 0.438 e. The van der Waals surface area contributed by atoms with Crippen molar-refractivity contribution in [2.24, 2.45) is 0 Å². The van der Waals surface area contributed by atoms with Gasteiger partial charge in [0, 0.05) is 21.3 Å². The molecule has 0 aliphatic rings. The summed E-state index contributed by atoms with van der Waals surface area (Å²) in [4.78, 5) is 16.5. The number of halogens is 2. The highest BCUT2D eigenvalue weighted by atomic mass is 35.5. The maximum atomic E-state index is 12.1. The minimum Gasteiger partial charge on any atom is -0.438 e. The van der Waals surface area contributed by atoms with Gasteiger partial charge in [-0.05, 0) is 55.8 Å². The Morgan fingerprint density at radius 2 is 1.85 bits per heavy atom. The topological polar surface area (TPSA) is 67.2 Å². The molecule has 26 heavy (non-hydrogen) atoms. The predicted octanol–water partition coefficient (Wildman–Crippen LogP) is 5.59. The third-order valence-electron chi connectivity index (χ3n) is 3.86. The number of urea groups is 1. The third kappa shape index (κ3) is 4.18. The minimum absolute atomic E-state index is 0.167. The predicted molar refractivity (Wildman–Crippen MR) is 104 cm³/mol. The van der Waals surface area contributed by atoms with Crippen LogP contribution in [0.15, 0.2) is 46.9 Å². The first-order valence-electron chi connectivity index (χ1n) is 7.96. The van der Waals surface area contributed by atoms with Gasteiger partial charge in [0.15, 0.2) is 5.76 Å². The maximum Gasteiger partial charge on any atom is 0.319 e. The lowest BCUT2D eigenvalue weighted by molar-refractivity contribution is 0.250. The summed E-state index contributed by atoms with van der Waals surface area (Å²) in [6.45, 7) is 3.86. The molecule has 0 spiro atoms. The van der Waals surface area contributed by atoms with E-state index in [0.29, 0.717) is 27.4 Å². The van der Waals surface area contributed by atoms with Gasteiger partial charge in [-0.15, -0.1) is 0 Å². The molecule has 2 N–H and O–H groups in total. The van der Waals surface area contributed by atoms with Gasteiger partial charge in [0.25, 0.3) is 0 Å². The van der Waals surface area contributed by atoms with Crippen molar-refractivity contribution in [1.29, 1.82) is 0 Å². The first-order chi connectivity index (χ1) is 12.4. The van der Waals surface area contributed by atoms with E-state index in [1.807, 2.05) is 26.0 Å². The number of aromatic nitrogens is 1. The molecular weight excluding hydrogens is 373 g/mol. The van der Waals surface area contributed by atoms with E-state index in [1.165, 1.54) is 0 Å². The second-order valence-electron chi connectivity index (χ2n) is 5.75. The van der Waals surface area contributed by atoms with Crippen molar-refractivity contribution in [1.82, 2.24) is 10.3 Å². The monoisotopic (exact) mass is 389 g/mol. The lowest BCUT2D eigenvalue weighted by Crippen LogP contribution is -2.28. The van der Waals surface area contributed by atoms with Gasteiger partial charge < -0.3 is 15.1 Å². The molecule has 3 rings (SSSR count). The molecule has 0 saturated heterocycles. The van der Waals surface area contributed by atoms with Gasteiger partial charge >= 0.3 is 6.03 Å². The van der Waals surface area contributed by atoms with E-state index >= 15 is 0 Å². The van der Waals surface area contributed by atoms with Crippen LogP contribution in [0.4, 0.5) is 10.5 Å². The van der Waals surface area contributed by atoms with E-state index in [0.717, 1.165) is 16.8 Å². The number of hydrogen-bond donors (Lipinski definition) is 2. The van der Waals surface area contributed by atoms with Crippen molar-refractivity contribution in [3.63, 3.8) is 0 Å². The van der Waals surface area contributed by atoms with Crippen molar-refractivity contribution in [3.05, 3.63) is 69.7 Å². The quantitative estimate of drug-likeness (QED) is 0.611. The number of aryl methyl sites for hydroxylation is 1. The highest BCUT2D eigenvalue weighted by molar-refractivity contribution is 6.31. The number of nitrogens with zero attached hydrogens (tertiary/aromatic N) is 1. The number of carbonyl (C=O) groups excluding carboxylic acids is 1. The molecule has 134 valence electrons. The first kappa shape index (κ1) is 18.3. The average Bonchev–Trinajstić information content (AvgIpc) is 2.99. The summed E-state index contributed by atoms with van der Waals surface area (Å²) >= 11 is 12.0. The Bertz CT molecular complexity index is 936. The van der Waals surface area contributed by atoms with Crippen LogP contribution in [0.1, 0.15) is 17.1 Å². The van der Waals surface area contributed by atoms with Gasteiger partial charge in [-0.1, -0.05) is 29.3 Å². The number of amides is 2. The number of anilines is 1. The molecule has 0 atom stereocenters. The Hall–Kier alpha value is -2.50. The van der Waals surface area contributed by atoms with E-state index in [4.69, 9.17) is 27.6 Å². The third-order valence-corrected chi connectivity index (χ3v) is 4.52. The van der Waals surface area contributed by atoms with Crippen molar-refractivity contribution in [2.75, 3.05) is 5.32 Å². The molecule has 2 aromatic carbocycles. The molecule has 3 aromatic rings. The van der Waals surface area contributed by atoms with Gasteiger partial charge in [0.1, 0.15) is 0 Å². The van der Waals surface area contributed by atoms with E-state index < -0.39 is 0 Å². The summed E-state index contributed by atoms with van der Waals surface area (Å²) in [6.07, 6.45) is 0. The van der Waals surface area contributed by atoms with Crippen LogP contribution in [0.3, 0.4) is 0 Å². The molecule has 0 bridgehead atoms. The van der Waals surface area contributed by atoms with Gasteiger partial charge in [0.2, 0.25) is 5.89 Å². The van der Waals surface area contributed by atoms with Crippen LogP contribution in [0, 0.1) is 13.8 Å². The second-order valence-corrected chi connectivity index (χ2v) is 6.59. The summed E-state index contributed by atoms with van der Waals surface area (Å²) in [5.74, 6) is 1.08. The first-order valence-corrected chi connectivity index (χ1v) is 8.72. The molecule has 7 heteroatoms. The molecular formula is C19H17Cl2N3O2. The van der Waals surface area contributed by atoms with Gasteiger partial charge in [0.05, 0.1) is 12.2 Å². The second kappa shape index (κ2) is 7.81. The highest BCUT2D eigenvalue weighted by Gasteiger charge is 2.13. The van der Waals surface area contributed by atoms with E-state index in [9.17, 15) is 4.79 Å². The molecule has 0 aliphatic carbocycles. The van der Waals surface area contributed by atoms with E-state index in [1.54, 1.807) is 30.3 Å². The van der Waals surface area contributed by atoms with Crippen molar-refractivity contribution >= 4 is 34.9 Å². The zero-order valence-electron chi connectivity index (χ0n) is 14.3. The Labute approximate surface area is 161 Å². The number of nitrogens with one attached hydrogen (secondary N) is 2. The Morgan fingerprint density at radius 3 is 2.58 bits per heavy atom. The summed E-state index contributed by atoms with van der Waals surface area (Å²) in [5.41, 5.74) is 3.08. The fourth-order valence-electron chi connectivity index (χ4n) is 2.46. The number of carbonyl (C=O) groups is 1. The Balaban J connectivity index is 1.65. The summed E-state index contributed by atoms with van der Waals surface area (Å²) in [7, 11) is 0. The number of benzene rings is 2. The van der Waals surface area contributed by atoms with Crippen LogP contribution in [-0.4, -0.2) is 11.0 Å². The van der Waals surface area contributed by atoms with Crippen molar-refractivity contribution in [3.8, 4) is 11.3 Å². The Morgan fingerprint density at radius 1 is 1.12 bits per heavy atom. The maximum absolute atomic E-state index is 12.1. The molecule has 0 fully saturated rings. The van der Waals surface area contributed by atoms with Crippen molar-refractivity contribution in [2.45, 2.75) is 20.4 Å². The van der Waals surface area contributed by atoms with Crippen LogP contribution in [0.25, 0.3) is 11.3 Å². The molecule has 0 radical (unpaired) electrons. The molecule has 1 aromatic heterocycles. The molecule has 5 nitrogen and oxygen atoms in total. The number of hydrogen-bond acceptors (Lipinski definition) is 3. The fourth-order valence-corrected chi connectivity index (χ4v) is 2.76. The average molecular weight is 390 g/mol. The number of oxazole rings is 1. The molecule has 1 heterocycles. The standard InChI is InChI=1S/C19H17Cl2N3O2/c1-11-15(21)4-3-5-16(11)24-19(25)22-10-17-23-12(2)18(26-17)13-6-8-14(20)9-7-13/h3-9H,10H2,1-2H3,(H2,22,24,25). The summed E-state index contributed by atoms with van der Waals surface area (Å²) in [5, 5.41) is 6.74. The van der Waals surface area contributed by atoms with E-state index in [-0.39, 0.29) is 12.6 Å². The lowest BCUT2D eigenvalue weighted by Gasteiger charge is -2.09. The summed E-state index contributed by atoms with van der Waals surface area (Å²) in [6, 6.07) is 12.3. The fraction of sp³-hybridized carbons (Fsp3) is 0.158. The van der Waals surface area contributed by atoms with Crippen LogP contribution in [-0.2, 0) is 6.54 Å². The van der Waals surface area contributed by atoms with Gasteiger partial charge in [-0.25, -0.2) is 9.78 Å². The molecule has 0 unspecified atom stereocenters. The molecule has 0 saturated carbocycles. The van der Waals surface area contributed by atoms with Crippen molar-refractivity contribution < 1.29 is 9.21 Å².